The molecule has 1 saturated heterocycles. The number of pyridine rings is 1. The number of amides is 1. The molecule has 0 bridgehead atoms. The van der Waals surface area contributed by atoms with Crippen molar-refractivity contribution in [1.29, 1.82) is 0 Å². The second-order valence-electron chi connectivity index (χ2n) is 10.9. The normalized spacial score (nSPS) is 20.9. The van der Waals surface area contributed by atoms with Gasteiger partial charge in [-0.3, -0.25) is 19.7 Å². The molecule has 0 aliphatic carbocycles. The van der Waals surface area contributed by atoms with Gasteiger partial charge in [0.25, 0.3) is 5.91 Å². The Labute approximate surface area is 236 Å². The molecule has 0 radical (unpaired) electrons. The molecule has 1 aliphatic rings. The van der Waals surface area contributed by atoms with E-state index in [2.05, 4.69) is 40.7 Å². The van der Waals surface area contributed by atoms with Gasteiger partial charge in [0.15, 0.2) is 0 Å². The van der Waals surface area contributed by atoms with E-state index in [0.717, 1.165) is 5.56 Å². The number of methoxy groups -OCH3 is 1. The standard InChI is InChI=1S/C30H31N5O4S/c1-29(2,3)22-9-8-19(15-24(22)39-4)27(36)35-25(26-34-13-14-40-26)21(23-18-31-11-12-33-23)17-30(35,28(37)38)16-20-7-5-6-10-32-20/h5-15,18,21,25H,16-17H2,1-4H3,(H,37,38)/t21-,25-,30-/m1/s1. The number of rotatable bonds is 7. The van der Waals surface area contributed by atoms with Crippen molar-refractivity contribution in [1.82, 2.24) is 24.8 Å². The number of carbonyl (C=O) groups is 2. The lowest BCUT2D eigenvalue weighted by Crippen LogP contribution is -2.55. The van der Waals surface area contributed by atoms with E-state index in [0.29, 0.717) is 27.7 Å². The maximum absolute atomic E-state index is 14.6. The SMILES string of the molecule is COc1cc(C(=O)N2[C@@H](c3nccs3)[C@@H](c3cnccn3)C[C@]2(Cc2ccccn2)C(=O)O)ccc1C(C)(C)C. The summed E-state index contributed by atoms with van der Waals surface area (Å²) in [6.45, 7) is 6.21. The van der Waals surface area contributed by atoms with E-state index in [-0.39, 0.29) is 18.3 Å². The van der Waals surface area contributed by atoms with Gasteiger partial charge in [0, 0.05) is 60.0 Å². The molecule has 1 aromatic carbocycles. The Morgan fingerprint density at radius 3 is 2.52 bits per heavy atom. The Morgan fingerprint density at radius 2 is 1.93 bits per heavy atom. The molecule has 4 aromatic rings. The first-order chi connectivity index (χ1) is 19.2. The van der Waals surface area contributed by atoms with E-state index < -0.39 is 29.4 Å². The van der Waals surface area contributed by atoms with Crippen LogP contribution in [-0.4, -0.2) is 54.5 Å². The van der Waals surface area contributed by atoms with Crippen molar-refractivity contribution in [3.63, 3.8) is 0 Å². The second-order valence-corrected chi connectivity index (χ2v) is 11.9. The highest BCUT2D eigenvalue weighted by Crippen LogP contribution is 2.53. The number of aromatic nitrogens is 4. The van der Waals surface area contributed by atoms with Crippen molar-refractivity contribution < 1.29 is 19.4 Å². The van der Waals surface area contributed by atoms with Crippen molar-refractivity contribution in [3.05, 3.63) is 100 Å². The average molecular weight is 558 g/mol. The largest absolute Gasteiger partial charge is 0.496 e. The lowest BCUT2D eigenvalue weighted by Gasteiger charge is -2.37. The van der Waals surface area contributed by atoms with Crippen molar-refractivity contribution in [2.75, 3.05) is 7.11 Å². The number of nitrogens with zero attached hydrogens (tertiary/aromatic N) is 5. The first-order valence-corrected chi connectivity index (χ1v) is 13.8. The van der Waals surface area contributed by atoms with Gasteiger partial charge in [-0.15, -0.1) is 11.3 Å². The maximum Gasteiger partial charge on any atom is 0.330 e. The Kier molecular flexibility index (Phi) is 7.37. The minimum Gasteiger partial charge on any atom is -0.496 e. The van der Waals surface area contributed by atoms with Gasteiger partial charge >= 0.3 is 5.97 Å². The average Bonchev–Trinajstić information content (AvgIpc) is 3.60. The summed E-state index contributed by atoms with van der Waals surface area (Å²) in [6.07, 6.45) is 8.21. The number of likely N-dealkylation sites (tertiary alicyclic amines) is 1. The van der Waals surface area contributed by atoms with Crippen molar-refractivity contribution in [2.45, 2.75) is 56.5 Å². The Bertz CT molecular complexity index is 1490. The van der Waals surface area contributed by atoms with Crippen LogP contribution >= 0.6 is 11.3 Å². The first-order valence-electron chi connectivity index (χ1n) is 13.0. The van der Waals surface area contributed by atoms with Gasteiger partial charge in [0.05, 0.1) is 18.8 Å². The Balaban J connectivity index is 1.72. The second kappa shape index (κ2) is 10.8. The quantitative estimate of drug-likeness (QED) is 0.335. The van der Waals surface area contributed by atoms with Crippen molar-refractivity contribution in [3.8, 4) is 5.75 Å². The molecule has 3 aromatic heterocycles. The Hall–Kier alpha value is -4.18. The van der Waals surface area contributed by atoms with Crippen LogP contribution in [0, 0.1) is 0 Å². The molecular weight excluding hydrogens is 526 g/mol. The molecule has 0 spiro atoms. The topological polar surface area (TPSA) is 118 Å². The van der Waals surface area contributed by atoms with Crippen LogP contribution < -0.4 is 4.74 Å². The third kappa shape index (κ3) is 4.95. The van der Waals surface area contributed by atoms with Gasteiger partial charge in [-0.1, -0.05) is 32.9 Å². The summed E-state index contributed by atoms with van der Waals surface area (Å²) in [6, 6.07) is 10.0. The predicted molar refractivity (Wildman–Crippen MR) is 150 cm³/mol. The predicted octanol–water partition coefficient (Wildman–Crippen LogP) is 5.07. The Morgan fingerprint density at radius 1 is 1.10 bits per heavy atom. The summed E-state index contributed by atoms with van der Waals surface area (Å²) in [5.74, 6) is -1.43. The van der Waals surface area contributed by atoms with Crippen molar-refractivity contribution >= 4 is 23.2 Å². The number of ether oxygens (including phenoxy) is 1. The number of carbonyl (C=O) groups excluding carboxylic acids is 1. The lowest BCUT2D eigenvalue weighted by molar-refractivity contribution is -0.149. The molecule has 1 aliphatic heterocycles. The molecular formula is C30H31N5O4S. The van der Waals surface area contributed by atoms with Crippen LogP contribution in [0.2, 0.25) is 0 Å². The van der Waals surface area contributed by atoms with E-state index in [1.165, 1.54) is 16.2 Å². The van der Waals surface area contributed by atoms with Gasteiger partial charge in [-0.2, -0.15) is 0 Å². The van der Waals surface area contributed by atoms with Crippen LogP contribution in [0.3, 0.4) is 0 Å². The molecule has 9 nitrogen and oxygen atoms in total. The zero-order chi connectivity index (χ0) is 28.5. The molecule has 4 heterocycles. The monoisotopic (exact) mass is 557 g/mol. The molecule has 40 heavy (non-hydrogen) atoms. The lowest BCUT2D eigenvalue weighted by atomic mass is 9.84. The van der Waals surface area contributed by atoms with Crippen LogP contribution in [0.15, 0.2) is 72.8 Å². The van der Waals surface area contributed by atoms with Crippen LogP contribution in [0.4, 0.5) is 0 Å². The van der Waals surface area contributed by atoms with E-state index in [1.807, 2.05) is 17.5 Å². The number of hydrogen-bond acceptors (Lipinski definition) is 8. The first kappa shape index (κ1) is 27.4. The molecule has 5 rings (SSSR count). The van der Waals surface area contributed by atoms with Crippen LogP contribution in [-0.2, 0) is 16.6 Å². The third-order valence-corrected chi connectivity index (χ3v) is 8.26. The number of carboxylic acids is 1. The van der Waals surface area contributed by atoms with Crippen LogP contribution in [0.25, 0.3) is 0 Å². The zero-order valence-corrected chi connectivity index (χ0v) is 23.6. The number of thiazole rings is 1. The summed E-state index contributed by atoms with van der Waals surface area (Å²) >= 11 is 1.38. The molecule has 3 atom stereocenters. The van der Waals surface area contributed by atoms with Crippen LogP contribution in [0.1, 0.15) is 71.5 Å². The summed E-state index contributed by atoms with van der Waals surface area (Å²) in [5.41, 5.74) is 0.606. The zero-order valence-electron chi connectivity index (χ0n) is 22.8. The van der Waals surface area contributed by atoms with Crippen LogP contribution in [0.5, 0.6) is 5.75 Å². The molecule has 1 fully saturated rings. The van der Waals surface area contributed by atoms with Gasteiger partial charge in [-0.05, 0) is 41.7 Å². The molecule has 206 valence electrons. The number of carboxylic acid groups (broad SMARTS) is 1. The van der Waals surface area contributed by atoms with Gasteiger partial charge in [-0.25, -0.2) is 9.78 Å². The molecule has 10 heteroatoms. The highest BCUT2D eigenvalue weighted by Gasteiger charge is 2.60. The smallest absolute Gasteiger partial charge is 0.330 e. The molecule has 1 amide bonds. The highest BCUT2D eigenvalue weighted by atomic mass is 32.1. The summed E-state index contributed by atoms with van der Waals surface area (Å²) in [5, 5.41) is 13.4. The highest BCUT2D eigenvalue weighted by molar-refractivity contribution is 7.09. The maximum atomic E-state index is 14.6. The van der Waals surface area contributed by atoms with E-state index in [9.17, 15) is 14.7 Å². The summed E-state index contributed by atoms with van der Waals surface area (Å²) in [7, 11) is 1.57. The van der Waals surface area contributed by atoms with Gasteiger partial charge in [0.2, 0.25) is 0 Å². The fourth-order valence-corrected chi connectivity index (χ4v) is 6.37. The fraction of sp³-hybridized carbons (Fsp3) is 0.333. The minimum absolute atomic E-state index is 0.0186. The number of aliphatic carboxylic acids is 1. The van der Waals surface area contributed by atoms with E-state index in [4.69, 9.17) is 4.74 Å². The summed E-state index contributed by atoms with van der Waals surface area (Å²) < 4.78 is 5.68. The van der Waals surface area contributed by atoms with Gasteiger partial charge < -0.3 is 14.7 Å². The molecule has 0 saturated carbocycles. The fourth-order valence-electron chi connectivity index (χ4n) is 5.58. The molecule has 0 unspecified atom stereocenters. The molecule has 1 N–H and O–H groups in total. The number of hydrogen-bond donors (Lipinski definition) is 1. The summed E-state index contributed by atoms with van der Waals surface area (Å²) in [4.78, 5) is 47.2. The van der Waals surface area contributed by atoms with E-state index >= 15 is 0 Å². The van der Waals surface area contributed by atoms with E-state index in [1.54, 1.807) is 62.4 Å². The minimum atomic E-state index is -1.63. The number of benzene rings is 1. The third-order valence-electron chi connectivity index (χ3n) is 7.42. The van der Waals surface area contributed by atoms with Gasteiger partial charge in [0.1, 0.15) is 16.3 Å². The van der Waals surface area contributed by atoms with Crippen molar-refractivity contribution in [2.24, 2.45) is 0 Å².